The molecule has 1 N–H and O–H groups in total. The van der Waals surface area contributed by atoms with Crippen LogP contribution in [0, 0.1) is 12.8 Å². The number of aromatic nitrogens is 3. The monoisotopic (exact) mass is 312 g/mol. The molecule has 21 heavy (non-hydrogen) atoms. The number of rotatable bonds is 4. The van der Waals surface area contributed by atoms with E-state index in [1.165, 1.54) is 19.3 Å². The van der Waals surface area contributed by atoms with Crippen LogP contribution in [0.2, 0.25) is 0 Å². The molecule has 0 amide bonds. The second kappa shape index (κ2) is 6.04. The molecule has 3 rings (SSSR count). The standard InChI is InChI=1S/C14H24N4O2S/c1-11-15-16-14-8-7-13(9-18(11)14)17-21(19,20)10-12-5-3-2-4-6-12/h12-13,17H,2-10H2,1H3/t13-/m0/s1. The zero-order chi connectivity index (χ0) is 14.9. The molecule has 0 aromatic carbocycles. The lowest BCUT2D eigenvalue weighted by molar-refractivity contribution is 0.378. The van der Waals surface area contributed by atoms with Crippen LogP contribution in [0.15, 0.2) is 0 Å². The van der Waals surface area contributed by atoms with Gasteiger partial charge in [0.1, 0.15) is 11.6 Å². The van der Waals surface area contributed by atoms with Gasteiger partial charge in [0.15, 0.2) is 0 Å². The van der Waals surface area contributed by atoms with Crippen molar-refractivity contribution in [1.82, 2.24) is 19.5 Å². The first-order valence-corrected chi connectivity index (χ1v) is 9.57. The predicted octanol–water partition coefficient (Wildman–Crippen LogP) is 1.40. The van der Waals surface area contributed by atoms with Crippen LogP contribution in [0.1, 0.15) is 50.2 Å². The van der Waals surface area contributed by atoms with Crippen LogP contribution in [-0.4, -0.2) is 35.0 Å². The topological polar surface area (TPSA) is 76.9 Å². The maximum atomic E-state index is 12.4. The third-order valence-electron chi connectivity index (χ3n) is 4.66. The SMILES string of the molecule is Cc1nnc2n1C[C@@H](NS(=O)(=O)CC1CCCCC1)CC2. The number of sulfonamides is 1. The average Bonchev–Trinajstić information content (AvgIpc) is 2.80. The van der Waals surface area contributed by atoms with Crippen molar-refractivity contribution >= 4 is 10.0 Å². The number of hydrogen-bond donors (Lipinski definition) is 1. The van der Waals surface area contributed by atoms with Crippen molar-refractivity contribution < 1.29 is 8.42 Å². The van der Waals surface area contributed by atoms with Gasteiger partial charge in [-0.2, -0.15) is 0 Å². The van der Waals surface area contributed by atoms with E-state index in [0.29, 0.717) is 12.5 Å². The van der Waals surface area contributed by atoms with Crippen molar-refractivity contribution in [1.29, 1.82) is 0 Å². The highest BCUT2D eigenvalue weighted by molar-refractivity contribution is 7.89. The van der Waals surface area contributed by atoms with Crippen molar-refractivity contribution in [2.24, 2.45) is 5.92 Å². The van der Waals surface area contributed by atoms with Gasteiger partial charge < -0.3 is 4.57 Å². The van der Waals surface area contributed by atoms with E-state index >= 15 is 0 Å². The maximum absolute atomic E-state index is 12.4. The van der Waals surface area contributed by atoms with Gasteiger partial charge in [-0.25, -0.2) is 13.1 Å². The van der Waals surface area contributed by atoms with Crippen molar-refractivity contribution in [3.8, 4) is 0 Å². The summed E-state index contributed by atoms with van der Waals surface area (Å²) in [6.07, 6.45) is 7.31. The molecule has 7 heteroatoms. The molecule has 0 radical (unpaired) electrons. The highest BCUT2D eigenvalue weighted by atomic mass is 32.2. The molecular weight excluding hydrogens is 288 g/mol. The summed E-state index contributed by atoms with van der Waals surface area (Å²) < 4.78 is 29.6. The molecule has 0 bridgehead atoms. The smallest absolute Gasteiger partial charge is 0.212 e. The molecular formula is C14H24N4O2S. The minimum atomic E-state index is -3.18. The van der Waals surface area contributed by atoms with Crippen molar-refractivity contribution in [2.45, 2.75) is 64.5 Å². The summed E-state index contributed by atoms with van der Waals surface area (Å²) in [5.74, 6) is 2.46. The molecule has 2 heterocycles. The quantitative estimate of drug-likeness (QED) is 0.911. The lowest BCUT2D eigenvalue weighted by Gasteiger charge is -2.26. The lowest BCUT2D eigenvalue weighted by Crippen LogP contribution is -2.43. The first-order valence-electron chi connectivity index (χ1n) is 7.92. The fraction of sp³-hybridized carbons (Fsp3) is 0.857. The Morgan fingerprint density at radius 3 is 2.71 bits per heavy atom. The summed E-state index contributed by atoms with van der Waals surface area (Å²) in [5.41, 5.74) is 0. The lowest BCUT2D eigenvalue weighted by atomic mass is 9.91. The Morgan fingerprint density at radius 1 is 1.19 bits per heavy atom. The zero-order valence-corrected chi connectivity index (χ0v) is 13.4. The number of hydrogen-bond acceptors (Lipinski definition) is 4. The van der Waals surface area contributed by atoms with E-state index in [0.717, 1.165) is 37.3 Å². The van der Waals surface area contributed by atoms with Gasteiger partial charge in [0.25, 0.3) is 0 Å². The average molecular weight is 312 g/mol. The summed E-state index contributed by atoms with van der Waals surface area (Å²) >= 11 is 0. The zero-order valence-electron chi connectivity index (χ0n) is 12.6. The number of nitrogens with zero attached hydrogens (tertiary/aromatic N) is 3. The second-order valence-electron chi connectivity index (χ2n) is 6.41. The summed E-state index contributed by atoms with van der Waals surface area (Å²) in [7, 11) is -3.18. The Hall–Kier alpha value is -0.950. The number of nitrogens with one attached hydrogen (secondary N) is 1. The molecule has 1 atom stereocenters. The molecule has 1 fully saturated rings. The fourth-order valence-corrected chi connectivity index (χ4v) is 5.28. The normalized spacial score (nSPS) is 24.0. The highest BCUT2D eigenvalue weighted by Gasteiger charge is 2.27. The van der Waals surface area contributed by atoms with Crippen LogP contribution in [0.25, 0.3) is 0 Å². The van der Waals surface area contributed by atoms with E-state index in [2.05, 4.69) is 14.9 Å². The molecule has 1 saturated carbocycles. The summed E-state index contributed by atoms with van der Waals surface area (Å²) in [6, 6.07) is -0.0270. The van der Waals surface area contributed by atoms with E-state index in [1.54, 1.807) is 0 Å². The first-order chi connectivity index (χ1) is 10.0. The molecule has 118 valence electrons. The molecule has 1 aromatic heterocycles. The molecule has 0 unspecified atom stereocenters. The van der Waals surface area contributed by atoms with Crippen LogP contribution in [-0.2, 0) is 23.0 Å². The first kappa shape index (κ1) is 15.0. The van der Waals surface area contributed by atoms with Gasteiger partial charge >= 0.3 is 0 Å². The van der Waals surface area contributed by atoms with Gasteiger partial charge in [-0.3, -0.25) is 0 Å². The van der Waals surface area contributed by atoms with Crippen molar-refractivity contribution in [3.63, 3.8) is 0 Å². The van der Waals surface area contributed by atoms with Crippen LogP contribution >= 0.6 is 0 Å². The van der Waals surface area contributed by atoms with Gasteiger partial charge in [0.2, 0.25) is 10.0 Å². The molecule has 2 aliphatic rings. The van der Waals surface area contributed by atoms with Crippen LogP contribution in [0.4, 0.5) is 0 Å². The van der Waals surface area contributed by atoms with E-state index in [1.807, 2.05) is 11.5 Å². The Morgan fingerprint density at radius 2 is 1.95 bits per heavy atom. The van der Waals surface area contributed by atoms with Gasteiger partial charge in [-0.1, -0.05) is 19.3 Å². The predicted molar refractivity (Wildman–Crippen MR) is 80.4 cm³/mol. The molecule has 6 nitrogen and oxygen atoms in total. The summed E-state index contributed by atoms with van der Waals surface area (Å²) in [5, 5.41) is 8.18. The third kappa shape index (κ3) is 3.63. The highest BCUT2D eigenvalue weighted by Crippen LogP contribution is 2.25. The summed E-state index contributed by atoms with van der Waals surface area (Å²) in [4.78, 5) is 0. The Labute approximate surface area is 126 Å². The molecule has 1 aliphatic carbocycles. The largest absolute Gasteiger partial charge is 0.314 e. The van der Waals surface area contributed by atoms with Crippen LogP contribution < -0.4 is 4.72 Å². The van der Waals surface area contributed by atoms with Gasteiger partial charge in [-0.15, -0.1) is 10.2 Å². The minimum absolute atomic E-state index is 0.0270. The number of fused-ring (bicyclic) bond motifs is 1. The summed E-state index contributed by atoms with van der Waals surface area (Å²) in [6.45, 7) is 2.56. The third-order valence-corrected chi connectivity index (χ3v) is 6.26. The van der Waals surface area contributed by atoms with E-state index in [-0.39, 0.29) is 11.8 Å². The number of aryl methyl sites for hydroxylation is 2. The molecule has 1 aliphatic heterocycles. The van der Waals surface area contributed by atoms with Gasteiger partial charge in [0, 0.05) is 19.0 Å². The molecule has 0 saturated heterocycles. The van der Waals surface area contributed by atoms with Crippen LogP contribution in [0.3, 0.4) is 0 Å². The maximum Gasteiger partial charge on any atom is 0.212 e. The molecule has 0 spiro atoms. The Kier molecular flexibility index (Phi) is 4.31. The van der Waals surface area contributed by atoms with Gasteiger partial charge in [0.05, 0.1) is 5.75 Å². The Bertz CT molecular complexity index is 590. The fourth-order valence-electron chi connectivity index (χ4n) is 3.52. The minimum Gasteiger partial charge on any atom is -0.314 e. The van der Waals surface area contributed by atoms with Crippen molar-refractivity contribution in [2.75, 3.05) is 5.75 Å². The van der Waals surface area contributed by atoms with Crippen molar-refractivity contribution in [3.05, 3.63) is 11.6 Å². The molecule has 1 aromatic rings. The second-order valence-corrected chi connectivity index (χ2v) is 8.21. The Balaban J connectivity index is 1.59. The van der Waals surface area contributed by atoms with Gasteiger partial charge in [-0.05, 0) is 32.1 Å². The van der Waals surface area contributed by atoms with E-state index in [4.69, 9.17) is 0 Å². The van der Waals surface area contributed by atoms with E-state index in [9.17, 15) is 8.42 Å². The van der Waals surface area contributed by atoms with Crippen LogP contribution in [0.5, 0.6) is 0 Å². The van der Waals surface area contributed by atoms with E-state index < -0.39 is 10.0 Å².